The first-order valence-corrected chi connectivity index (χ1v) is 13.0. The molecule has 2 heterocycles. The Hall–Kier alpha value is -3.40. The molecule has 34 heavy (non-hydrogen) atoms. The van der Waals surface area contributed by atoms with Crippen molar-refractivity contribution in [1.82, 2.24) is 19.9 Å². The van der Waals surface area contributed by atoms with Gasteiger partial charge in [0.1, 0.15) is 0 Å². The first-order valence-electron chi connectivity index (χ1n) is 11.5. The lowest BCUT2D eigenvalue weighted by molar-refractivity contribution is -0.118. The van der Waals surface area contributed by atoms with Crippen molar-refractivity contribution in [3.8, 4) is 11.3 Å². The number of nitrogens with one attached hydrogen (secondary N) is 2. The van der Waals surface area contributed by atoms with Crippen LogP contribution in [0.5, 0.6) is 0 Å². The van der Waals surface area contributed by atoms with Crippen LogP contribution in [0.2, 0.25) is 0 Å². The standard InChI is InChI=1S/C24H26N6O3S/c1-2-3-18-14-25-15-20(27-18)16-4-6-17(7-5-16)28-22(31)24(11-12-24)21-10-13-26-23(29-21)30-34(32,33)19-8-9-19/h4-7,10,13-15,19H,2-3,8-9,11-12H2,1H3,(H,28,31)(H,26,29,30). The van der Waals surface area contributed by atoms with Crippen LogP contribution in [0.3, 0.4) is 0 Å². The third-order valence-electron chi connectivity index (χ3n) is 6.16. The van der Waals surface area contributed by atoms with Crippen LogP contribution in [-0.4, -0.2) is 39.5 Å². The molecular weight excluding hydrogens is 452 g/mol. The van der Waals surface area contributed by atoms with Crippen molar-refractivity contribution in [3.05, 3.63) is 60.3 Å². The summed E-state index contributed by atoms with van der Waals surface area (Å²) >= 11 is 0. The van der Waals surface area contributed by atoms with Crippen molar-refractivity contribution in [2.75, 3.05) is 10.0 Å². The predicted octanol–water partition coefficient (Wildman–Crippen LogP) is 3.46. The van der Waals surface area contributed by atoms with Gasteiger partial charge in [-0.15, -0.1) is 0 Å². The average Bonchev–Trinajstić information content (AvgIpc) is 3.73. The smallest absolute Gasteiger partial charge is 0.237 e. The molecule has 0 unspecified atom stereocenters. The summed E-state index contributed by atoms with van der Waals surface area (Å²) in [6.07, 6.45) is 9.47. The first-order chi connectivity index (χ1) is 16.4. The maximum absolute atomic E-state index is 13.2. The van der Waals surface area contributed by atoms with Crippen LogP contribution in [0, 0.1) is 0 Å². The molecule has 2 aliphatic carbocycles. The minimum absolute atomic E-state index is 0.0132. The van der Waals surface area contributed by atoms with Gasteiger partial charge in [-0.3, -0.25) is 14.5 Å². The molecule has 2 N–H and O–H groups in total. The van der Waals surface area contributed by atoms with Crippen LogP contribution in [0.4, 0.5) is 11.6 Å². The molecule has 2 aromatic heterocycles. The summed E-state index contributed by atoms with van der Waals surface area (Å²) in [6, 6.07) is 9.17. The van der Waals surface area contributed by atoms with E-state index in [4.69, 9.17) is 0 Å². The summed E-state index contributed by atoms with van der Waals surface area (Å²) in [6.45, 7) is 2.10. The second-order valence-electron chi connectivity index (χ2n) is 8.87. The number of amides is 1. The number of carbonyl (C=O) groups excluding carboxylic acids is 1. The van der Waals surface area contributed by atoms with Crippen molar-refractivity contribution >= 4 is 27.6 Å². The summed E-state index contributed by atoms with van der Waals surface area (Å²) in [7, 11) is -3.47. The molecule has 9 nitrogen and oxygen atoms in total. The molecular formula is C24H26N6O3S. The van der Waals surface area contributed by atoms with Crippen LogP contribution >= 0.6 is 0 Å². The Bertz CT molecular complexity index is 1320. The Morgan fingerprint density at radius 1 is 1.09 bits per heavy atom. The number of hydrogen-bond donors (Lipinski definition) is 2. The van der Waals surface area contributed by atoms with E-state index in [0.29, 0.717) is 37.1 Å². The van der Waals surface area contributed by atoms with Crippen molar-refractivity contribution in [1.29, 1.82) is 0 Å². The summed E-state index contributed by atoms with van der Waals surface area (Å²) in [4.78, 5) is 30.5. The van der Waals surface area contributed by atoms with E-state index < -0.39 is 15.4 Å². The summed E-state index contributed by atoms with van der Waals surface area (Å²) in [5.41, 5.74) is 3.09. The van der Waals surface area contributed by atoms with Crippen molar-refractivity contribution in [3.63, 3.8) is 0 Å². The van der Waals surface area contributed by atoms with E-state index in [2.05, 4.69) is 36.9 Å². The van der Waals surface area contributed by atoms with Crippen LogP contribution < -0.4 is 10.0 Å². The van der Waals surface area contributed by atoms with Gasteiger partial charge in [0, 0.05) is 23.6 Å². The van der Waals surface area contributed by atoms with E-state index in [1.165, 1.54) is 6.20 Å². The number of benzene rings is 1. The van der Waals surface area contributed by atoms with Crippen LogP contribution in [0.15, 0.2) is 48.9 Å². The number of anilines is 2. The maximum Gasteiger partial charge on any atom is 0.237 e. The van der Waals surface area contributed by atoms with E-state index in [9.17, 15) is 13.2 Å². The highest BCUT2D eigenvalue weighted by molar-refractivity contribution is 7.93. The van der Waals surface area contributed by atoms with Crippen molar-refractivity contribution in [2.24, 2.45) is 0 Å². The fourth-order valence-corrected chi connectivity index (χ4v) is 5.16. The quantitative estimate of drug-likeness (QED) is 0.482. The van der Waals surface area contributed by atoms with E-state index in [1.807, 2.05) is 24.3 Å². The summed E-state index contributed by atoms with van der Waals surface area (Å²) in [5, 5.41) is 2.60. The molecule has 0 atom stereocenters. The number of nitrogens with zero attached hydrogens (tertiary/aromatic N) is 4. The van der Waals surface area contributed by atoms with Crippen LogP contribution in [-0.2, 0) is 26.7 Å². The molecule has 0 aliphatic heterocycles. The predicted molar refractivity (Wildman–Crippen MR) is 129 cm³/mol. The van der Waals surface area contributed by atoms with E-state index in [-0.39, 0.29) is 17.1 Å². The highest BCUT2D eigenvalue weighted by Crippen LogP contribution is 2.48. The van der Waals surface area contributed by atoms with Gasteiger partial charge in [-0.2, -0.15) is 0 Å². The molecule has 3 aromatic rings. The first kappa shape index (κ1) is 22.4. The van der Waals surface area contributed by atoms with E-state index in [1.54, 1.807) is 18.5 Å². The highest BCUT2D eigenvalue weighted by atomic mass is 32.2. The van der Waals surface area contributed by atoms with Gasteiger partial charge in [-0.05, 0) is 50.3 Å². The third kappa shape index (κ3) is 4.63. The van der Waals surface area contributed by atoms with Gasteiger partial charge in [0.25, 0.3) is 0 Å². The molecule has 176 valence electrons. The van der Waals surface area contributed by atoms with Gasteiger partial charge >= 0.3 is 0 Å². The number of aromatic nitrogens is 4. The normalized spacial score (nSPS) is 16.6. The maximum atomic E-state index is 13.2. The largest absolute Gasteiger partial charge is 0.325 e. The van der Waals surface area contributed by atoms with Gasteiger partial charge in [-0.1, -0.05) is 25.5 Å². The molecule has 2 saturated carbocycles. The molecule has 0 bridgehead atoms. The number of carbonyl (C=O) groups is 1. The van der Waals surface area contributed by atoms with Gasteiger partial charge in [0.2, 0.25) is 21.9 Å². The Morgan fingerprint density at radius 3 is 2.53 bits per heavy atom. The second kappa shape index (κ2) is 8.75. The van der Waals surface area contributed by atoms with Gasteiger partial charge in [0.15, 0.2) is 0 Å². The minimum Gasteiger partial charge on any atom is -0.325 e. The molecule has 1 aromatic carbocycles. The van der Waals surface area contributed by atoms with Crippen molar-refractivity contribution in [2.45, 2.75) is 56.1 Å². The number of aryl methyl sites for hydroxylation is 1. The van der Waals surface area contributed by atoms with Gasteiger partial charge < -0.3 is 5.32 Å². The average molecular weight is 479 g/mol. The Balaban J connectivity index is 1.29. The highest BCUT2D eigenvalue weighted by Gasteiger charge is 2.53. The lowest BCUT2D eigenvalue weighted by Gasteiger charge is -2.16. The van der Waals surface area contributed by atoms with E-state index >= 15 is 0 Å². The SMILES string of the molecule is CCCc1cncc(-c2ccc(NC(=O)C3(c4ccnc(NS(=O)(=O)C5CC5)n4)CC3)cc2)n1. The minimum atomic E-state index is -3.47. The fraction of sp³-hybridized carbons (Fsp3) is 0.375. The Morgan fingerprint density at radius 2 is 1.85 bits per heavy atom. The summed E-state index contributed by atoms with van der Waals surface area (Å²) < 4.78 is 26.9. The van der Waals surface area contributed by atoms with Crippen LogP contribution in [0.1, 0.15) is 50.4 Å². The Labute approximate surface area is 198 Å². The van der Waals surface area contributed by atoms with E-state index in [0.717, 1.165) is 29.8 Å². The monoisotopic (exact) mass is 478 g/mol. The number of sulfonamides is 1. The zero-order valence-corrected chi connectivity index (χ0v) is 19.7. The van der Waals surface area contributed by atoms with Crippen molar-refractivity contribution < 1.29 is 13.2 Å². The molecule has 2 fully saturated rings. The topological polar surface area (TPSA) is 127 Å². The molecule has 0 spiro atoms. The fourth-order valence-electron chi connectivity index (χ4n) is 3.88. The summed E-state index contributed by atoms with van der Waals surface area (Å²) in [5.74, 6) is -0.154. The van der Waals surface area contributed by atoms with Gasteiger partial charge in [0.05, 0.1) is 33.9 Å². The number of rotatable bonds is 9. The molecule has 5 rings (SSSR count). The molecule has 1 amide bonds. The molecule has 2 aliphatic rings. The zero-order chi connectivity index (χ0) is 23.8. The lowest BCUT2D eigenvalue weighted by Crippen LogP contribution is -2.29. The zero-order valence-electron chi connectivity index (χ0n) is 18.9. The second-order valence-corrected chi connectivity index (χ2v) is 10.8. The van der Waals surface area contributed by atoms with Crippen LogP contribution in [0.25, 0.3) is 11.3 Å². The lowest BCUT2D eigenvalue weighted by atomic mass is 10.0. The molecule has 10 heteroatoms. The molecule has 0 radical (unpaired) electrons. The van der Waals surface area contributed by atoms with Gasteiger partial charge in [-0.25, -0.2) is 23.4 Å². The Kier molecular flexibility index (Phi) is 5.76. The molecule has 0 saturated heterocycles. The number of hydrogen-bond acceptors (Lipinski definition) is 7. The third-order valence-corrected chi connectivity index (χ3v) is 7.97.